The maximum absolute atomic E-state index is 11.4. The van der Waals surface area contributed by atoms with E-state index in [-0.39, 0.29) is 5.91 Å². The number of nitrogens with two attached hydrogens (primary N) is 1. The van der Waals surface area contributed by atoms with Gasteiger partial charge in [0.15, 0.2) is 0 Å². The van der Waals surface area contributed by atoms with Gasteiger partial charge in [0.1, 0.15) is 0 Å². The van der Waals surface area contributed by atoms with Gasteiger partial charge in [-0.1, -0.05) is 12.1 Å². The number of rotatable bonds is 4. The molecule has 2 aromatic rings. The molecule has 1 amide bonds. The third-order valence-electron chi connectivity index (χ3n) is 2.67. The average Bonchev–Trinajstić information content (AvgIpc) is 2.74. The Kier molecular flexibility index (Phi) is 4.24. The number of amides is 1. The van der Waals surface area contributed by atoms with Gasteiger partial charge in [-0.2, -0.15) is 5.10 Å². The third-order valence-corrected chi connectivity index (χ3v) is 3.82. The molecule has 0 spiro atoms. The van der Waals surface area contributed by atoms with E-state index in [0.29, 0.717) is 5.56 Å². The number of hydrazine groups is 1. The minimum atomic E-state index is -0.275. The predicted octanol–water partition coefficient (Wildman–Crippen LogP) is 1.62. The largest absolute Gasteiger partial charge is 0.290 e. The second-order valence-electron chi connectivity index (χ2n) is 4.21. The van der Waals surface area contributed by atoms with E-state index in [0.717, 1.165) is 22.0 Å². The summed E-state index contributed by atoms with van der Waals surface area (Å²) >= 11 is 1.69. The van der Waals surface area contributed by atoms with Crippen LogP contribution in [-0.2, 0) is 12.8 Å². The fourth-order valence-corrected chi connectivity index (χ4v) is 2.74. The Bertz CT molecular complexity index is 594. The highest BCUT2D eigenvalue weighted by atomic mass is 32.2. The number of carbonyl (C=O) groups is 1. The van der Waals surface area contributed by atoms with Crippen LogP contribution in [0.25, 0.3) is 0 Å². The highest BCUT2D eigenvalue weighted by Crippen LogP contribution is 2.23. The van der Waals surface area contributed by atoms with Crippen molar-refractivity contribution in [1.29, 1.82) is 0 Å². The van der Waals surface area contributed by atoms with Crippen LogP contribution >= 0.6 is 11.8 Å². The highest BCUT2D eigenvalue weighted by molar-refractivity contribution is 7.98. The van der Waals surface area contributed by atoms with Gasteiger partial charge in [0.25, 0.3) is 5.91 Å². The first-order valence-electron chi connectivity index (χ1n) is 5.83. The molecule has 0 atom stereocenters. The fraction of sp³-hybridized carbons (Fsp3) is 0.231. The zero-order valence-corrected chi connectivity index (χ0v) is 11.7. The summed E-state index contributed by atoms with van der Waals surface area (Å²) in [5.41, 5.74) is 4.78. The maximum Gasteiger partial charge on any atom is 0.265 e. The Balaban J connectivity index is 2.07. The van der Waals surface area contributed by atoms with E-state index in [9.17, 15) is 4.79 Å². The van der Waals surface area contributed by atoms with Crippen molar-refractivity contribution in [3.8, 4) is 0 Å². The number of carbonyl (C=O) groups excluding carboxylic acids is 1. The second-order valence-corrected chi connectivity index (χ2v) is 5.21. The van der Waals surface area contributed by atoms with Crippen molar-refractivity contribution in [2.24, 2.45) is 12.9 Å². The van der Waals surface area contributed by atoms with Crippen molar-refractivity contribution < 1.29 is 4.79 Å². The number of thioether (sulfide) groups is 1. The Labute approximate surface area is 116 Å². The van der Waals surface area contributed by atoms with Crippen LogP contribution in [-0.4, -0.2) is 15.7 Å². The molecule has 1 aromatic heterocycles. The lowest BCUT2D eigenvalue weighted by Gasteiger charge is -2.04. The van der Waals surface area contributed by atoms with Gasteiger partial charge in [-0.25, -0.2) is 5.84 Å². The number of hydrogen-bond acceptors (Lipinski definition) is 4. The molecule has 6 heteroatoms. The zero-order valence-electron chi connectivity index (χ0n) is 10.9. The molecule has 0 aliphatic rings. The topological polar surface area (TPSA) is 72.9 Å². The molecule has 2 rings (SSSR count). The van der Waals surface area contributed by atoms with Gasteiger partial charge >= 0.3 is 0 Å². The quantitative estimate of drug-likeness (QED) is 0.385. The molecule has 0 fully saturated rings. The van der Waals surface area contributed by atoms with Crippen LogP contribution in [0.4, 0.5) is 0 Å². The molecular weight excluding hydrogens is 260 g/mol. The molecule has 5 nitrogen and oxygen atoms in total. The van der Waals surface area contributed by atoms with E-state index in [2.05, 4.69) is 10.5 Å². The van der Waals surface area contributed by atoms with Gasteiger partial charge in [0.2, 0.25) is 0 Å². The number of aryl methyl sites for hydroxylation is 2. The fourth-order valence-electron chi connectivity index (χ4n) is 1.76. The first-order chi connectivity index (χ1) is 9.10. The van der Waals surface area contributed by atoms with Crippen molar-refractivity contribution >= 4 is 17.7 Å². The van der Waals surface area contributed by atoms with E-state index in [1.165, 1.54) is 0 Å². The van der Waals surface area contributed by atoms with Crippen LogP contribution in [0.5, 0.6) is 0 Å². The molecular formula is C13H16N4OS. The summed E-state index contributed by atoms with van der Waals surface area (Å²) < 4.78 is 1.86. The molecule has 0 saturated heterocycles. The molecule has 100 valence electrons. The first kappa shape index (κ1) is 13.6. The average molecular weight is 276 g/mol. The van der Waals surface area contributed by atoms with Crippen molar-refractivity contribution in [3.63, 3.8) is 0 Å². The summed E-state index contributed by atoms with van der Waals surface area (Å²) in [6, 6.07) is 9.47. The molecule has 19 heavy (non-hydrogen) atoms. The van der Waals surface area contributed by atoms with Gasteiger partial charge in [-0.3, -0.25) is 14.9 Å². The number of hydrogen-bond donors (Lipinski definition) is 2. The monoisotopic (exact) mass is 276 g/mol. The van der Waals surface area contributed by atoms with Crippen LogP contribution in [0.2, 0.25) is 0 Å². The zero-order chi connectivity index (χ0) is 13.8. The molecule has 0 aliphatic carbocycles. The summed E-state index contributed by atoms with van der Waals surface area (Å²) in [5, 5.41) is 5.40. The summed E-state index contributed by atoms with van der Waals surface area (Å²) in [4.78, 5) is 11.4. The molecule has 3 N–H and O–H groups in total. The number of nitrogen functional groups attached to an aromatic ring is 1. The lowest BCUT2D eigenvalue weighted by atomic mass is 10.1. The van der Waals surface area contributed by atoms with E-state index in [1.54, 1.807) is 17.8 Å². The minimum absolute atomic E-state index is 0.275. The Morgan fingerprint density at radius 3 is 2.89 bits per heavy atom. The van der Waals surface area contributed by atoms with Crippen molar-refractivity contribution in [2.75, 3.05) is 0 Å². The SMILES string of the molecule is Cc1cc(SCc2cccc(C(=O)NN)c2)n(C)n1. The van der Waals surface area contributed by atoms with E-state index in [1.807, 2.05) is 42.9 Å². The van der Waals surface area contributed by atoms with Crippen LogP contribution in [0, 0.1) is 6.92 Å². The molecule has 0 unspecified atom stereocenters. The number of nitrogens with one attached hydrogen (secondary N) is 1. The second kappa shape index (κ2) is 5.90. The standard InChI is InChI=1S/C13H16N4OS/c1-9-6-12(17(2)16-9)19-8-10-4-3-5-11(7-10)13(18)15-14/h3-7H,8,14H2,1-2H3,(H,15,18). The van der Waals surface area contributed by atoms with Crippen LogP contribution < -0.4 is 11.3 Å². The van der Waals surface area contributed by atoms with Gasteiger partial charge in [0, 0.05) is 18.4 Å². The van der Waals surface area contributed by atoms with Gasteiger partial charge in [-0.15, -0.1) is 11.8 Å². The summed E-state index contributed by atoms with van der Waals surface area (Å²) in [7, 11) is 1.92. The Hall–Kier alpha value is -1.79. The smallest absolute Gasteiger partial charge is 0.265 e. The van der Waals surface area contributed by atoms with Crippen LogP contribution in [0.1, 0.15) is 21.6 Å². The van der Waals surface area contributed by atoms with E-state index < -0.39 is 0 Å². The number of aromatic nitrogens is 2. The summed E-state index contributed by atoms with van der Waals surface area (Å²) in [5.74, 6) is 5.63. The lowest BCUT2D eigenvalue weighted by Crippen LogP contribution is -2.29. The van der Waals surface area contributed by atoms with Gasteiger partial charge in [-0.05, 0) is 30.7 Å². The highest BCUT2D eigenvalue weighted by Gasteiger charge is 2.06. The van der Waals surface area contributed by atoms with Gasteiger partial charge < -0.3 is 0 Å². The lowest BCUT2D eigenvalue weighted by molar-refractivity contribution is 0.0953. The van der Waals surface area contributed by atoms with Crippen LogP contribution in [0.3, 0.4) is 0 Å². The first-order valence-corrected chi connectivity index (χ1v) is 6.82. The Morgan fingerprint density at radius 1 is 1.47 bits per heavy atom. The molecule has 1 aromatic carbocycles. The third kappa shape index (κ3) is 3.36. The number of benzene rings is 1. The van der Waals surface area contributed by atoms with Crippen LogP contribution in [0.15, 0.2) is 35.4 Å². The Morgan fingerprint density at radius 2 is 2.26 bits per heavy atom. The minimum Gasteiger partial charge on any atom is -0.290 e. The van der Waals surface area contributed by atoms with Gasteiger partial charge in [0.05, 0.1) is 10.7 Å². The van der Waals surface area contributed by atoms with Crippen molar-refractivity contribution in [1.82, 2.24) is 15.2 Å². The maximum atomic E-state index is 11.4. The molecule has 0 bridgehead atoms. The summed E-state index contributed by atoms with van der Waals surface area (Å²) in [6.07, 6.45) is 0. The molecule has 1 heterocycles. The molecule has 0 aliphatic heterocycles. The summed E-state index contributed by atoms with van der Waals surface area (Å²) in [6.45, 7) is 1.97. The number of nitrogens with zero attached hydrogens (tertiary/aromatic N) is 2. The van der Waals surface area contributed by atoms with Crippen molar-refractivity contribution in [3.05, 3.63) is 47.2 Å². The predicted molar refractivity (Wildman–Crippen MR) is 75.6 cm³/mol. The van der Waals surface area contributed by atoms with Crippen molar-refractivity contribution in [2.45, 2.75) is 17.7 Å². The van der Waals surface area contributed by atoms with E-state index in [4.69, 9.17) is 5.84 Å². The molecule has 0 radical (unpaired) electrons. The molecule has 0 saturated carbocycles. The normalized spacial score (nSPS) is 10.5. The van der Waals surface area contributed by atoms with E-state index >= 15 is 0 Å².